The lowest BCUT2D eigenvalue weighted by molar-refractivity contribution is 0.00814. The van der Waals surface area contributed by atoms with Crippen LogP contribution in [-0.4, -0.2) is 10.7 Å². The molecular formula is C17H32O. The van der Waals surface area contributed by atoms with Crippen LogP contribution in [0.15, 0.2) is 0 Å². The van der Waals surface area contributed by atoms with E-state index in [-0.39, 0.29) is 5.60 Å². The zero-order valence-electron chi connectivity index (χ0n) is 12.3. The first-order valence-corrected chi connectivity index (χ1v) is 8.44. The first kappa shape index (κ1) is 14.4. The third-order valence-electron chi connectivity index (χ3n) is 5.59. The van der Waals surface area contributed by atoms with E-state index < -0.39 is 0 Å². The highest BCUT2D eigenvalue weighted by atomic mass is 16.3. The van der Waals surface area contributed by atoms with Crippen LogP contribution in [0.25, 0.3) is 0 Å². The van der Waals surface area contributed by atoms with Crippen molar-refractivity contribution in [1.82, 2.24) is 0 Å². The molecule has 2 aliphatic rings. The summed E-state index contributed by atoms with van der Waals surface area (Å²) >= 11 is 0. The summed E-state index contributed by atoms with van der Waals surface area (Å²) in [6.45, 7) is 2.30. The predicted octanol–water partition coefficient (Wildman–Crippen LogP) is 5.07. The minimum atomic E-state index is -0.304. The third-order valence-corrected chi connectivity index (χ3v) is 5.59. The second kappa shape index (κ2) is 6.93. The lowest BCUT2D eigenvalue weighted by Gasteiger charge is -2.30. The molecule has 2 saturated carbocycles. The van der Waals surface area contributed by atoms with E-state index in [9.17, 15) is 5.11 Å². The summed E-state index contributed by atoms with van der Waals surface area (Å²) in [5.41, 5.74) is -0.304. The smallest absolute Gasteiger partial charge is 0.0648 e. The Hall–Kier alpha value is -0.0400. The summed E-state index contributed by atoms with van der Waals surface area (Å²) < 4.78 is 0. The first-order chi connectivity index (χ1) is 8.72. The van der Waals surface area contributed by atoms with Crippen molar-refractivity contribution in [2.24, 2.45) is 11.8 Å². The van der Waals surface area contributed by atoms with Crippen molar-refractivity contribution in [2.75, 3.05) is 0 Å². The van der Waals surface area contributed by atoms with E-state index in [4.69, 9.17) is 0 Å². The fraction of sp³-hybridized carbons (Fsp3) is 1.00. The standard InChI is InChI=1S/C17H32O/c1-2-15-9-6-12-17(18,13-10-15)14-11-16-7-4-3-5-8-16/h15-16,18H,2-14H2,1H3. The van der Waals surface area contributed by atoms with E-state index in [1.807, 2.05) is 0 Å². The van der Waals surface area contributed by atoms with Crippen LogP contribution in [0.5, 0.6) is 0 Å². The molecule has 0 saturated heterocycles. The van der Waals surface area contributed by atoms with Crippen LogP contribution in [0.2, 0.25) is 0 Å². The molecule has 0 heterocycles. The molecule has 2 fully saturated rings. The van der Waals surface area contributed by atoms with Gasteiger partial charge in [-0.3, -0.25) is 0 Å². The van der Waals surface area contributed by atoms with Crippen molar-refractivity contribution >= 4 is 0 Å². The lowest BCUT2D eigenvalue weighted by Crippen LogP contribution is -2.28. The van der Waals surface area contributed by atoms with Crippen LogP contribution < -0.4 is 0 Å². The molecule has 2 atom stereocenters. The second-order valence-corrected chi connectivity index (χ2v) is 6.97. The molecule has 1 nitrogen and oxygen atoms in total. The van der Waals surface area contributed by atoms with Gasteiger partial charge < -0.3 is 5.11 Å². The highest BCUT2D eigenvalue weighted by molar-refractivity contribution is 4.84. The molecule has 2 aliphatic carbocycles. The van der Waals surface area contributed by atoms with Crippen LogP contribution in [0, 0.1) is 11.8 Å². The highest BCUT2D eigenvalue weighted by Crippen LogP contribution is 2.37. The van der Waals surface area contributed by atoms with Gasteiger partial charge in [0.25, 0.3) is 0 Å². The topological polar surface area (TPSA) is 20.2 Å². The van der Waals surface area contributed by atoms with E-state index >= 15 is 0 Å². The summed E-state index contributed by atoms with van der Waals surface area (Å²) in [6.07, 6.45) is 16.8. The average molecular weight is 252 g/mol. The van der Waals surface area contributed by atoms with Gasteiger partial charge >= 0.3 is 0 Å². The predicted molar refractivity (Wildman–Crippen MR) is 77.6 cm³/mol. The summed E-state index contributed by atoms with van der Waals surface area (Å²) in [4.78, 5) is 0. The van der Waals surface area contributed by atoms with E-state index in [0.717, 1.165) is 31.1 Å². The maximum Gasteiger partial charge on any atom is 0.0648 e. The summed E-state index contributed by atoms with van der Waals surface area (Å²) in [7, 11) is 0. The lowest BCUT2D eigenvalue weighted by atomic mass is 9.81. The zero-order chi connectivity index (χ0) is 12.8. The van der Waals surface area contributed by atoms with Crippen molar-refractivity contribution in [3.63, 3.8) is 0 Å². The maximum atomic E-state index is 10.8. The molecule has 0 spiro atoms. The van der Waals surface area contributed by atoms with Crippen molar-refractivity contribution < 1.29 is 5.11 Å². The van der Waals surface area contributed by atoms with Gasteiger partial charge in [0, 0.05) is 0 Å². The molecular weight excluding hydrogens is 220 g/mol. The van der Waals surface area contributed by atoms with E-state index in [2.05, 4.69) is 6.92 Å². The molecule has 1 heteroatoms. The molecule has 0 radical (unpaired) electrons. The van der Waals surface area contributed by atoms with Gasteiger partial charge in [0.15, 0.2) is 0 Å². The Bertz CT molecular complexity index is 232. The van der Waals surface area contributed by atoms with E-state index in [0.29, 0.717) is 0 Å². The SMILES string of the molecule is CCC1CCCC(O)(CCC2CCCCC2)CC1. The Morgan fingerprint density at radius 3 is 2.33 bits per heavy atom. The Morgan fingerprint density at radius 1 is 0.889 bits per heavy atom. The highest BCUT2D eigenvalue weighted by Gasteiger charge is 2.31. The molecule has 0 bridgehead atoms. The summed E-state index contributed by atoms with van der Waals surface area (Å²) in [5, 5.41) is 10.8. The number of aliphatic hydroxyl groups is 1. The monoisotopic (exact) mass is 252 g/mol. The quantitative estimate of drug-likeness (QED) is 0.693. The molecule has 0 aromatic rings. The van der Waals surface area contributed by atoms with Gasteiger partial charge in [-0.2, -0.15) is 0 Å². The van der Waals surface area contributed by atoms with Crippen LogP contribution in [-0.2, 0) is 0 Å². The molecule has 1 N–H and O–H groups in total. The number of hydrogen-bond donors (Lipinski definition) is 1. The van der Waals surface area contributed by atoms with Crippen molar-refractivity contribution in [3.8, 4) is 0 Å². The molecule has 0 aromatic carbocycles. The van der Waals surface area contributed by atoms with Crippen LogP contribution in [0.1, 0.15) is 90.4 Å². The Balaban J connectivity index is 1.75. The molecule has 0 aromatic heterocycles. The van der Waals surface area contributed by atoms with Gasteiger partial charge in [0.05, 0.1) is 5.60 Å². The van der Waals surface area contributed by atoms with Crippen LogP contribution >= 0.6 is 0 Å². The van der Waals surface area contributed by atoms with Gasteiger partial charge in [-0.1, -0.05) is 58.3 Å². The largest absolute Gasteiger partial charge is 0.390 e. The molecule has 2 rings (SSSR count). The van der Waals surface area contributed by atoms with Gasteiger partial charge in [-0.05, 0) is 43.9 Å². The summed E-state index contributed by atoms with van der Waals surface area (Å²) in [6, 6.07) is 0. The Kier molecular flexibility index (Phi) is 5.54. The van der Waals surface area contributed by atoms with Gasteiger partial charge in [-0.15, -0.1) is 0 Å². The second-order valence-electron chi connectivity index (χ2n) is 6.97. The fourth-order valence-corrected chi connectivity index (χ4v) is 4.07. The van der Waals surface area contributed by atoms with Crippen molar-refractivity contribution in [1.29, 1.82) is 0 Å². The number of hydrogen-bond acceptors (Lipinski definition) is 1. The van der Waals surface area contributed by atoms with Gasteiger partial charge in [0.2, 0.25) is 0 Å². The maximum absolute atomic E-state index is 10.8. The number of rotatable bonds is 4. The van der Waals surface area contributed by atoms with Crippen molar-refractivity contribution in [3.05, 3.63) is 0 Å². The van der Waals surface area contributed by atoms with E-state index in [1.54, 1.807) is 0 Å². The first-order valence-electron chi connectivity index (χ1n) is 8.44. The molecule has 2 unspecified atom stereocenters. The molecule has 0 amide bonds. The fourth-order valence-electron chi connectivity index (χ4n) is 4.07. The molecule has 18 heavy (non-hydrogen) atoms. The minimum absolute atomic E-state index is 0.304. The Morgan fingerprint density at radius 2 is 1.61 bits per heavy atom. The van der Waals surface area contributed by atoms with Gasteiger partial charge in [0.1, 0.15) is 0 Å². The molecule has 106 valence electrons. The van der Waals surface area contributed by atoms with Crippen LogP contribution in [0.3, 0.4) is 0 Å². The third kappa shape index (κ3) is 4.26. The van der Waals surface area contributed by atoms with E-state index in [1.165, 1.54) is 64.2 Å². The Labute approximate surface area is 113 Å². The molecule has 0 aliphatic heterocycles. The average Bonchev–Trinajstić information content (AvgIpc) is 2.60. The normalized spacial score (nSPS) is 35.3. The van der Waals surface area contributed by atoms with Crippen LogP contribution in [0.4, 0.5) is 0 Å². The van der Waals surface area contributed by atoms with Crippen molar-refractivity contribution in [2.45, 2.75) is 96.0 Å². The zero-order valence-corrected chi connectivity index (χ0v) is 12.3. The summed E-state index contributed by atoms with van der Waals surface area (Å²) in [5.74, 6) is 1.81. The van der Waals surface area contributed by atoms with Gasteiger partial charge in [-0.25, -0.2) is 0 Å². The minimum Gasteiger partial charge on any atom is -0.390 e.